The van der Waals surface area contributed by atoms with Crippen LogP contribution in [0.1, 0.15) is 54.9 Å². The van der Waals surface area contributed by atoms with Crippen molar-refractivity contribution in [3.8, 4) is 0 Å². The molecular formula is C18H32. The summed E-state index contributed by atoms with van der Waals surface area (Å²) in [5.74, 6) is 3.49. The molecule has 0 aromatic rings. The third kappa shape index (κ3) is 3.28. The first-order valence-corrected chi connectivity index (χ1v) is 7.49. The SMILES string of the molecule is C=C[C@@H](C(C)C)[C@@H]1C(C)=CC(C(C)(C)C)CC1C. The summed E-state index contributed by atoms with van der Waals surface area (Å²) in [6, 6.07) is 0. The molecule has 0 saturated carbocycles. The Labute approximate surface area is 115 Å². The second kappa shape index (κ2) is 5.63. The Morgan fingerprint density at radius 3 is 2.22 bits per heavy atom. The fraction of sp³-hybridized carbons (Fsp3) is 0.778. The van der Waals surface area contributed by atoms with E-state index >= 15 is 0 Å². The quantitative estimate of drug-likeness (QED) is 0.561. The second-order valence-corrected chi connectivity index (χ2v) is 7.68. The first-order chi connectivity index (χ1) is 8.18. The van der Waals surface area contributed by atoms with E-state index < -0.39 is 0 Å². The molecular weight excluding hydrogens is 216 g/mol. The standard InChI is InChI=1S/C18H32/c1-9-16(12(2)3)17-13(4)10-15(11-14(17)5)18(6,7)8/h9-10,12,14-17H,1,11H2,2-8H3/t14?,15?,16-,17+/m0/s1. The van der Waals surface area contributed by atoms with Crippen molar-refractivity contribution >= 4 is 0 Å². The van der Waals surface area contributed by atoms with Crippen LogP contribution in [0.5, 0.6) is 0 Å². The van der Waals surface area contributed by atoms with Crippen LogP contribution in [-0.2, 0) is 0 Å². The average Bonchev–Trinajstić information content (AvgIpc) is 2.20. The van der Waals surface area contributed by atoms with Gasteiger partial charge in [-0.1, -0.05) is 59.3 Å². The van der Waals surface area contributed by atoms with Gasteiger partial charge in [0.25, 0.3) is 0 Å². The Balaban J connectivity index is 3.01. The average molecular weight is 248 g/mol. The van der Waals surface area contributed by atoms with Crippen molar-refractivity contribution in [1.82, 2.24) is 0 Å². The van der Waals surface area contributed by atoms with Gasteiger partial charge in [0, 0.05) is 0 Å². The van der Waals surface area contributed by atoms with Crippen molar-refractivity contribution in [2.75, 3.05) is 0 Å². The third-order valence-corrected chi connectivity index (χ3v) is 4.80. The molecule has 0 fully saturated rings. The van der Waals surface area contributed by atoms with E-state index in [0.29, 0.717) is 23.2 Å². The van der Waals surface area contributed by atoms with Crippen LogP contribution in [0.2, 0.25) is 0 Å². The highest BCUT2D eigenvalue weighted by Gasteiger charge is 2.36. The van der Waals surface area contributed by atoms with Gasteiger partial charge in [0.05, 0.1) is 0 Å². The molecule has 0 nitrogen and oxygen atoms in total. The molecule has 104 valence electrons. The molecule has 0 aromatic heterocycles. The van der Waals surface area contributed by atoms with Crippen LogP contribution in [0.3, 0.4) is 0 Å². The minimum absolute atomic E-state index is 0.391. The zero-order chi connectivity index (χ0) is 14.1. The Bertz CT molecular complexity index is 313. The molecule has 0 saturated heterocycles. The van der Waals surface area contributed by atoms with E-state index in [1.165, 1.54) is 6.42 Å². The van der Waals surface area contributed by atoms with Crippen LogP contribution in [0.25, 0.3) is 0 Å². The number of allylic oxidation sites excluding steroid dienone is 3. The highest BCUT2D eigenvalue weighted by atomic mass is 14.4. The van der Waals surface area contributed by atoms with E-state index in [1.54, 1.807) is 5.57 Å². The van der Waals surface area contributed by atoms with Gasteiger partial charge in [0.15, 0.2) is 0 Å². The molecule has 0 spiro atoms. The lowest BCUT2D eigenvalue weighted by molar-refractivity contribution is 0.169. The van der Waals surface area contributed by atoms with Crippen molar-refractivity contribution in [3.63, 3.8) is 0 Å². The Morgan fingerprint density at radius 2 is 1.89 bits per heavy atom. The summed E-state index contributed by atoms with van der Waals surface area (Å²) in [4.78, 5) is 0. The summed E-state index contributed by atoms with van der Waals surface area (Å²) >= 11 is 0. The molecule has 4 atom stereocenters. The van der Waals surface area contributed by atoms with Crippen LogP contribution in [0, 0.1) is 35.0 Å². The van der Waals surface area contributed by atoms with Crippen LogP contribution >= 0.6 is 0 Å². The number of hydrogen-bond acceptors (Lipinski definition) is 0. The van der Waals surface area contributed by atoms with Crippen molar-refractivity contribution in [2.45, 2.75) is 54.9 Å². The fourth-order valence-electron chi connectivity index (χ4n) is 3.61. The summed E-state index contributed by atoms with van der Waals surface area (Å²) < 4.78 is 0. The second-order valence-electron chi connectivity index (χ2n) is 7.68. The summed E-state index contributed by atoms with van der Waals surface area (Å²) in [5.41, 5.74) is 1.98. The molecule has 1 aliphatic carbocycles. The normalized spacial score (nSPS) is 31.1. The van der Waals surface area contributed by atoms with Crippen molar-refractivity contribution in [2.24, 2.45) is 35.0 Å². The van der Waals surface area contributed by atoms with Crippen molar-refractivity contribution < 1.29 is 0 Å². The van der Waals surface area contributed by atoms with E-state index in [4.69, 9.17) is 0 Å². The molecule has 2 unspecified atom stereocenters. The van der Waals surface area contributed by atoms with Gasteiger partial charge in [-0.2, -0.15) is 0 Å². The van der Waals surface area contributed by atoms with Crippen LogP contribution < -0.4 is 0 Å². The molecule has 0 aliphatic heterocycles. The minimum atomic E-state index is 0.391. The third-order valence-electron chi connectivity index (χ3n) is 4.80. The molecule has 0 radical (unpaired) electrons. The van der Waals surface area contributed by atoms with Crippen LogP contribution in [0.4, 0.5) is 0 Å². The van der Waals surface area contributed by atoms with Crippen molar-refractivity contribution in [3.05, 3.63) is 24.3 Å². The summed E-state index contributed by atoms with van der Waals surface area (Å²) in [6.07, 6.45) is 6.05. The fourth-order valence-corrected chi connectivity index (χ4v) is 3.61. The van der Waals surface area contributed by atoms with Gasteiger partial charge in [0.2, 0.25) is 0 Å². The molecule has 0 heteroatoms. The lowest BCUT2D eigenvalue weighted by atomic mass is 9.63. The Morgan fingerprint density at radius 1 is 1.33 bits per heavy atom. The monoisotopic (exact) mass is 248 g/mol. The Kier molecular flexibility index (Phi) is 4.86. The topological polar surface area (TPSA) is 0 Å². The van der Waals surface area contributed by atoms with E-state index in [-0.39, 0.29) is 0 Å². The van der Waals surface area contributed by atoms with Gasteiger partial charge in [-0.05, 0) is 48.3 Å². The highest BCUT2D eigenvalue weighted by Crippen LogP contribution is 2.45. The smallest absolute Gasteiger partial charge is 0.0115 e. The lowest BCUT2D eigenvalue weighted by Crippen LogP contribution is -2.33. The van der Waals surface area contributed by atoms with Crippen LogP contribution in [0.15, 0.2) is 24.3 Å². The van der Waals surface area contributed by atoms with Gasteiger partial charge < -0.3 is 0 Å². The molecule has 0 N–H and O–H groups in total. The maximum Gasteiger partial charge on any atom is -0.0115 e. The Hall–Kier alpha value is -0.520. The molecule has 0 heterocycles. The minimum Gasteiger partial charge on any atom is -0.103 e. The van der Waals surface area contributed by atoms with Crippen LogP contribution in [-0.4, -0.2) is 0 Å². The van der Waals surface area contributed by atoms with Gasteiger partial charge >= 0.3 is 0 Å². The lowest BCUT2D eigenvalue weighted by Gasteiger charge is -2.42. The largest absolute Gasteiger partial charge is 0.103 e. The highest BCUT2D eigenvalue weighted by molar-refractivity contribution is 5.16. The first kappa shape index (κ1) is 15.5. The maximum atomic E-state index is 4.07. The van der Waals surface area contributed by atoms with E-state index in [0.717, 1.165) is 11.8 Å². The predicted octanol–water partition coefficient (Wildman–Crippen LogP) is 5.71. The van der Waals surface area contributed by atoms with Gasteiger partial charge in [-0.25, -0.2) is 0 Å². The molecule has 1 aliphatic rings. The zero-order valence-electron chi connectivity index (χ0n) is 13.5. The summed E-state index contributed by atoms with van der Waals surface area (Å²) in [6.45, 7) is 20.6. The van der Waals surface area contributed by atoms with Gasteiger partial charge in [0.1, 0.15) is 0 Å². The molecule has 0 aromatic carbocycles. The molecule has 0 amide bonds. The maximum absolute atomic E-state index is 4.07. The molecule has 18 heavy (non-hydrogen) atoms. The molecule has 0 bridgehead atoms. The van der Waals surface area contributed by atoms with E-state index in [9.17, 15) is 0 Å². The summed E-state index contributed by atoms with van der Waals surface area (Å²) in [5, 5.41) is 0. The first-order valence-electron chi connectivity index (χ1n) is 7.49. The zero-order valence-corrected chi connectivity index (χ0v) is 13.5. The number of hydrogen-bond donors (Lipinski definition) is 0. The molecule has 1 rings (SSSR count). The number of rotatable bonds is 3. The predicted molar refractivity (Wildman–Crippen MR) is 82.5 cm³/mol. The van der Waals surface area contributed by atoms with Gasteiger partial charge in [-0.3, -0.25) is 0 Å². The van der Waals surface area contributed by atoms with Gasteiger partial charge in [-0.15, -0.1) is 6.58 Å². The van der Waals surface area contributed by atoms with Crippen molar-refractivity contribution in [1.29, 1.82) is 0 Å². The van der Waals surface area contributed by atoms with E-state index in [1.807, 2.05) is 0 Å². The van der Waals surface area contributed by atoms with E-state index in [2.05, 4.69) is 67.2 Å². The summed E-state index contributed by atoms with van der Waals surface area (Å²) in [7, 11) is 0.